The molecule has 0 aromatic heterocycles. The molecule has 0 radical (unpaired) electrons. The molecule has 3 aliphatic heterocycles. The lowest BCUT2D eigenvalue weighted by molar-refractivity contribution is -0.226. The van der Waals surface area contributed by atoms with Crippen molar-refractivity contribution in [2.24, 2.45) is 11.8 Å². The summed E-state index contributed by atoms with van der Waals surface area (Å²) >= 11 is 9.54. The van der Waals surface area contributed by atoms with E-state index < -0.39 is 53.6 Å². The Balaban J connectivity index is 1.76. The van der Waals surface area contributed by atoms with Crippen LogP contribution in [-0.4, -0.2) is 41.7 Å². The predicted molar refractivity (Wildman–Crippen MR) is 103 cm³/mol. The number of fused-ring (bicyclic) bond motifs is 5. The number of nitrogens with zero attached hydrogens (tertiary/aromatic N) is 1. The molecule has 0 N–H and O–H groups in total. The molecule has 3 aliphatic rings. The zero-order valence-corrected chi connectivity index (χ0v) is 17.6. The van der Waals surface area contributed by atoms with Gasteiger partial charge in [0.15, 0.2) is 5.60 Å². The summed E-state index contributed by atoms with van der Waals surface area (Å²) in [7, 11) is 0. The van der Waals surface area contributed by atoms with Gasteiger partial charge < -0.3 is 14.2 Å². The van der Waals surface area contributed by atoms with Crippen LogP contribution >= 0.6 is 27.5 Å². The molecule has 4 rings (SSSR count). The molecule has 152 valence electrons. The summed E-state index contributed by atoms with van der Waals surface area (Å²) in [4.78, 5) is 50.7. The Morgan fingerprint density at radius 2 is 1.86 bits per heavy atom. The molecule has 2 saturated heterocycles. The van der Waals surface area contributed by atoms with Gasteiger partial charge in [-0.15, -0.1) is 0 Å². The number of imide groups is 1. The average Bonchev–Trinajstić information content (AvgIpc) is 3.26. The second-order valence-electron chi connectivity index (χ2n) is 6.96. The van der Waals surface area contributed by atoms with Gasteiger partial charge in [-0.25, -0.2) is 4.90 Å². The van der Waals surface area contributed by atoms with Crippen LogP contribution in [0.4, 0.5) is 5.69 Å². The molecular formula is C19H15BrClNO7. The van der Waals surface area contributed by atoms with Crippen LogP contribution in [0.1, 0.15) is 13.8 Å². The third kappa shape index (κ3) is 2.99. The van der Waals surface area contributed by atoms with Gasteiger partial charge in [0.2, 0.25) is 11.8 Å². The predicted octanol–water partition coefficient (Wildman–Crippen LogP) is 2.37. The summed E-state index contributed by atoms with van der Waals surface area (Å²) < 4.78 is 16.9. The van der Waals surface area contributed by atoms with Crippen molar-refractivity contribution in [1.29, 1.82) is 0 Å². The van der Waals surface area contributed by atoms with Gasteiger partial charge in [0, 0.05) is 18.3 Å². The van der Waals surface area contributed by atoms with E-state index in [2.05, 4.69) is 15.9 Å². The molecular weight excluding hydrogens is 470 g/mol. The first-order chi connectivity index (χ1) is 13.7. The van der Waals surface area contributed by atoms with E-state index in [-0.39, 0.29) is 10.7 Å². The van der Waals surface area contributed by atoms with Gasteiger partial charge in [0.25, 0.3) is 6.29 Å². The largest absolute Gasteiger partial charge is 0.422 e. The number of benzene rings is 1. The van der Waals surface area contributed by atoms with Crippen molar-refractivity contribution in [2.45, 2.75) is 31.8 Å². The molecule has 8 nitrogen and oxygen atoms in total. The fourth-order valence-electron chi connectivity index (χ4n) is 4.12. The van der Waals surface area contributed by atoms with E-state index in [0.717, 1.165) is 18.7 Å². The number of amides is 2. The van der Waals surface area contributed by atoms with Gasteiger partial charge in [-0.05, 0) is 24.3 Å². The third-order valence-electron chi connectivity index (χ3n) is 5.14. The number of carbonyl (C=O) groups excluding carboxylic acids is 4. The lowest BCUT2D eigenvalue weighted by atomic mass is 9.76. The summed E-state index contributed by atoms with van der Waals surface area (Å²) in [6.45, 7) is 2.29. The van der Waals surface area contributed by atoms with E-state index in [1.165, 1.54) is 6.08 Å². The fourth-order valence-corrected chi connectivity index (χ4v) is 4.87. The number of anilines is 1. The number of ether oxygens (including phenoxy) is 3. The summed E-state index contributed by atoms with van der Waals surface area (Å²) in [6, 6.07) is 4.79. The summed E-state index contributed by atoms with van der Waals surface area (Å²) in [5, 5.41) is 0.216. The minimum atomic E-state index is -1.59. The SMILES string of the molecule is CC(=O)OC(OC(C)=O)[C@@]12C=C[C@@H](O1)[C@@H]1C(=O)N(c3ccc(Br)cc3Cl)C(=O)[C@@H]12. The van der Waals surface area contributed by atoms with E-state index in [9.17, 15) is 19.2 Å². The van der Waals surface area contributed by atoms with Gasteiger partial charge in [0.1, 0.15) is 0 Å². The molecule has 2 fully saturated rings. The van der Waals surface area contributed by atoms with Crippen molar-refractivity contribution in [3.05, 3.63) is 39.8 Å². The zero-order valence-electron chi connectivity index (χ0n) is 15.3. The molecule has 10 heteroatoms. The number of esters is 2. The molecule has 4 atom stereocenters. The highest BCUT2D eigenvalue weighted by Gasteiger charge is 2.72. The van der Waals surface area contributed by atoms with Crippen LogP contribution in [0.5, 0.6) is 0 Å². The van der Waals surface area contributed by atoms with Crippen LogP contribution in [-0.2, 0) is 33.4 Å². The summed E-state index contributed by atoms with van der Waals surface area (Å²) in [6.07, 6.45) is 0.904. The van der Waals surface area contributed by atoms with E-state index in [1.54, 1.807) is 24.3 Å². The molecule has 2 amide bonds. The van der Waals surface area contributed by atoms with E-state index in [1.807, 2.05) is 0 Å². The highest BCUT2D eigenvalue weighted by Crippen LogP contribution is 2.55. The number of rotatable bonds is 4. The van der Waals surface area contributed by atoms with Gasteiger partial charge >= 0.3 is 11.9 Å². The van der Waals surface area contributed by atoms with Crippen LogP contribution < -0.4 is 4.90 Å². The van der Waals surface area contributed by atoms with E-state index in [4.69, 9.17) is 25.8 Å². The molecule has 0 unspecified atom stereocenters. The standard InChI is InChI=1S/C19H15BrClNO7/c1-8(23)27-18(28-9(2)24)19-6-5-13(29-19)14-15(19)17(26)22(16(14)25)12-4-3-10(20)7-11(12)21/h3-7,13-15,18H,1-2H3/t13-,14+,15-,19+/m1/s1. The second-order valence-corrected chi connectivity index (χ2v) is 8.28. The molecule has 2 bridgehead atoms. The number of halogens is 2. The van der Waals surface area contributed by atoms with Crippen molar-refractivity contribution >= 4 is 57.0 Å². The maximum atomic E-state index is 13.3. The average molecular weight is 485 g/mol. The Morgan fingerprint density at radius 3 is 2.45 bits per heavy atom. The zero-order chi connectivity index (χ0) is 21.1. The van der Waals surface area contributed by atoms with Crippen LogP contribution in [0.25, 0.3) is 0 Å². The Labute approximate surface area is 178 Å². The molecule has 0 aliphatic carbocycles. The maximum absolute atomic E-state index is 13.3. The maximum Gasteiger partial charge on any atom is 0.305 e. The van der Waals surface area contributed by atoms with Gasteiger partial charge in [-0.3, -0.25) is 19.2 Å². The van der Waals surface area contributed by atoms with Crippen molar-refractivity contribution in [3.8, 4) is 0 Å². The monoisotopic (exact) mass is 483 g/mol. The normalized spacial score (nSPS) is 29.6. The van der Waals surface area contributed by atoms with Gasteiger partial charge in [0.05, 0.1) is 28.6 Å². The smallest absolute Gasteiger partial charge is 0.305 e. The van der Waals surface area contributed by atoms with Crippen LogP contribution in [0.15, 0.2) is 34.8 Å². The molecule has 0 spiro atoms. The Hall–Kier alpha value is -2.23. The minimum absolute atomic E-state index is 0.216. The van der Waals surface area contributed by atoms with Gasteiger partial charge in [-0.1, -0.05) is 33.6 Å². The quantitative estimate of drug-likeness (QED) is 0.280. The Bertz CT molecular complexity index is 963. The van der Waals surface area contributed by atoms with E-state index >= 15 is 0 Å². The van der Waals surface area contributed by atoms with Crippen molar-refractivity contribution in [3.63, 3.8) is 0 Å². The topological polar surface area (TPSA) is 99.2 Å². The van der Waals surface area contributed by atoms with Crippen LogP contribution in [0.3, 0.4) is 0 Å². The Kier molecular flexibility index (Phi) is 4.79. The van der Waals surface area contributed by atoms with E-state index in [0.29, 0.717) is 4.47 Å². The third-order valence-corrected chi connectivity index (χ3v) is 5.94. The number of hydrogen-bond acceptors (Lipinski definition) is 7. The first-order valence-corrected chi connectivity index (χ1v) is 9.87. The highest BCUT2D eigenvalue weighted by molar-refractivity contribution is 9.10. The molecule has 3 heterocycles. The van der Waals surface area contributed by atoms with Crippen molar-refractivity contribution in [1.82, 2.24) is 0 Å². The van der Waals surface area contributed by atoms with Crippen molar-refractivity contribution in [2.75, 3.05) is 4.90 Å². The lowest BCUT2D eigenvalue weighted by Crippen LogP contribution is -2.52. The van der Waals surface area contributed by atoms with Crippen LogP contribution in [0.2, 0.25) is 5.02 Å². The van der Waals surface area contributed by atoms with Crippen LogP contribution in [0, 0.1) is 11.8 Å². The summed E-state index contributed by atoms with van der Waals surface area (Å²) in [5.41, 5.74) is -1.35. The molecule has 0 saturated carbocycles. The molecule has 29 heavy (non-hydrogen) atoms. The Morgan fingerprint density at radius 1 is 1.21 bits per heavy atom. The number of hydrogen-bond donors (Lipinski definition) is 0. The first-order valence-electron chi connectivity index (χ1n) is 8.70. The minimum Gasteiger partial charge on any atom is -0.422 e. The molecule has 1 aromatic rings. The summed E-state index contributed by atoms with van der Waals surface area (Å²) in [5.74, 6) is -4.38. The first kappa shape index (κ1) is 20.1. The lowest BCUT2D eigenvalue weighted by Gasteiger charge is -2.34. The fraction of sp³-hybridized carbons (Fsp3) is 0.368. The molecule has 1 aromatic carbocycles. The second kappa shape index (κ2) is 6.93. The number of carbonyl (C=O) groups is 4. The van der Waals surface area contributed by atoms with Gasteiger partial charge in [-0.2, -0.15) is 0 Å². The van der Waals surface area contributed by atoms with Crippen molar-refractivity contribution < 1.29 is 33.4 Å². The highest BCUT2D eigenvalue weighted by atomic mass is 79.9.